The van der Waals surface area contributed by atoms with E-state index in [2.05, 4.69) is 18.1 Å². The lowest BCUT2D eigenvalue weighted by Gasteiger charge is -2.21. The van der Waals surface area contributed by atoms with Crippen LogP contribution in [0.4, 0.5) is 5.69 Å². The molecule has 5 nitrogen and oxygen atoms in total. The van der Waals surface area contributed by atoms with Crippen LogP contribution in [0.1, 0.15) is 0 Å². The molecule has 1 N–H and O–H groups in total. The van der Waals surface area contributed by atoms with Crippen molar-refractivity contribution < 1.29 is 9.47 Å². The van der Waals surface area contributed by atoms with Gasteiger partial charge in [-0.25, -0.2) is 0 Å². The van der Waals surface area contributed by atoms with E-state index in [1.807, 2.05) is 36.4 Å². The maximum absolute atomic E-state index is 12.7. The van der Waals surface area contributed by atoms with Crippen LogP contribution < -0.4 is 19.9 Å². The lowest BCUT2D eigenvalue weighted by Crippen LogP contribution is -2.15. The summed E-state index contributed by atoms with van der Waals surface area (Å²) < 4.78 is 10.5. The van der Waals surface area contributed by atoms with E-state index in [1.165, 1.54) is 0 Å². The second-order valence-corrected chi connectivity index (χ2v) is 5.59. The summed E-state index contributed by atoms with van der Waals surface area (Å²) in [6.45, 7) is 7.70. The molecule has 0 aliphatic rings. The van der Waals surface area contributed by atoms with Crippen LogP contribution in [0.2, 0.25) is 0 Å². The average molecular weight is 348 g/mol. The predicted octanol–water partition coefficient (Wildman–Crippen LogP) is 4.31. The Kier molecular flexibility index (Phi) is 4.80. The highest BCUT2D eigenvalue weighted by atomic mass is 16.5. The van der Waals surface area contributed by atoms with Gasteiger partial charge >= 0.3 is 0 Å². The van der Waals surface area contributed by atoms with Gasteiger partial charge in [0.2, 0.25) is 0 Å². The van der Waals surface area contributed by atoms with Crippen molar-refractivity contribution in [3.8, 4) is 22.8 Å². The third-order valence-electron chi connectivity index (χ3n) is 4.23. The molecule has 5 heteroatoms. The van der Waals surface area contributed by atoms with Gasteiger partial charge in [-0.2, -0.15) is 0 Å². The number of ether oxygens (including phenoxy) is 2. The standard InChI is InChI=1S/C21H20N2O3/c1-5-23(6-2)20-17-12-11-16(26-4)13-18(17)21(24)22-19(20)14-7-9-15(25-3)10-8-14/h5-13H,1-2H2,3-4H3,(H,22,24). The highest BCUT2D eigenvalue weighted by Crippen LogP contribution is 2.36. The Bertz CT molecular complexity index is 1010. The fourth-order valence-corrected chi connectivity index (χ4v) is 2.91. The number of hydrogen-bond acceptors (Lipinski definition) is 4. The van der Waals surface area contributed by atoms with Crippen molar-refractivity contribution in [2.24, 2.45) is 0 Å². The molecule has 0 aliphatic heterocycles. The van der Waals surface area contributed by atoms with Crippen molar-refractivity contribution in [3.05, 3.63) is 78.4 Å². The molecule has 132 valence electrons. The van der Waals surface area contributed by atoms with Gasteiger partial charge in [-0.15, -0.1) is 0 Å². The number of H-pyrrole nitrogens is 1. The second-order valence-electron chi connectivity index (χ2n) is 5.59. The minimum atomic E-state index is -0.193. The molecule has 0 atom stereocenters. The lowest BCUT2D eigenvalue weighted by atomic mass is 10.0. The van der Waals surface area contributed by atoms with Crippen LogP contribution in [-0.4, -0.2) is 19.2 Å². The molecular weight excluding hydrogens is 328 g/mol. The average Bonchev–Trinajstić information content (AvgIpc) is 2.70. The van der Waals surface area contributed by atoms with Crippen molar-refractivity contribution in [2.75, 3.05) is 19.1 Å². The number of nitrogens with zero attached hydrogens (tertiary/aromatic N) is 1. The van der Waals surface area contributed by atoms with Crippen LogP contribution in [-0.2, 0) is 0 Å². The van der Waals surface area contributed by atoms with Gasteiger partial charge in [0.05, 0.1) is 31.0 Å². The van der Waals surface area contributed by atoms with Gasteiger partial charge in [0.15, 0.2) is 0 Å². The molecule has 2 aromatic carbocycles. The molecule has 1 heterocycles. The van der Waals surface area contributed by atoms with Gasteiger partial charge in [0.1, 0.15) is 11.5 Å². The quantitative estimate of drug-likeness (QED) is 0.721. The van der Waals surface area contributed by atoms with Gasteiger partial charge in [-0.1, -0.05) is 13.2 Å². The first-order chi connectivity index (χ1) is 12.6. The monoisotopic (exact) mass is 348 g/mol. The number of benzene rings is 2. The highest BCUT2D eigenvalue weighted by Gasteiger charge is 2.17. The van der Waals surface area contributed by atoms with Crippen LogP contribution in [0, 0.1) is 0 Å². The zero-order valence-corrected chi connectivity index (χ0v) is 14.8. The maximum Gasteiger partial charge on any atom is 0.256 e. The number of fused-ring (bicyclic) bond motifs is 1. The van der Waals surface area contributed by atoms with E-state index in [-0.39, 0.29) is 5.56 Å². The zero-order chi connectivity index (χ0) is 18.7. The first-order valence-corrected chi connectivity index (χ1v) is 8.04. The summed E-state index contributed by atoms with van der Waals surface area (Å²) >= 11 is 0. The molecule has 26 heavy (non-hydrogen) atoms. The van der Waals surface area contributed by atoms with Gasteiger partial charge in [0, 0.05) is 23.3 Å². The zero-order valence-electron chi connectivity index (χ0n) is 14.8. The number of methoxy groups -OCH3 is 2. The van der Waals surface area contributed by atoms with E-state index in [1.54, 1.807) is 37.6 Å². The topological polar surface area (TPSA) is 54.6 Å². The molecule has 0 radical (unpaired) electrons. The molecular formula is C21H20N2O3. The molecule has 3 rings (SSSR count). The fraction of sp³-hybridized carbons (Fsp3) is 0.0952. The SMILES string of the molecule is C=CN(C=C)c1c(-c2ccc(OC)cc2)[nH]c(=O)c2cc(OC)ccc12. The van der Waals surface area contributed by atoms with Crippen LogP contribution in [0.5, 0.6) is 11.5 Å². The largest absolute Gasteiger partial charge is 0.497 e. The van der Waals surface area contributed by atoms with Crippen LogP contribution >= 0.6 is 0 Å². The van der Waals surface area contributed by atoms with E-state index in [9.17, 15) is 4.79 Å². The highest BCUT2D eigenvalue weighted by molar-refractivity contribution is 6.01. The minimum absolute atomic E-state index is 0.193. The van der Waals surface area contributed by atoms with E-state index < -0.39 is 0 Å². The summed E-state index contributed by atoms with van der Waals surface area (Å²) in [5, 5.41) is 1.31. The Hall–Kier alpha value is -3.47. The Balaban J connectivity index is 2.37. The van der Waals surface area contributed by atoms with Crippen LogP contribution in [0.3, 0.4) is 0 Å². The van der Waals surface area contributed by atoms with Crippen molar-refractivity contribution in [1.82, 2.24) is 4.98 Å². The normalized spacial score (nSPS) is 10.4. The summed E-state index contributed by atoms with van der Waals surface area (Å²) in [5.74, 6) is 1.36. The van der Waals surface area contributed by atoms with E-state index in [4.69, 9.17) is 9.47 Å². The Morgan fingerprint density at radius 2 is 1.54 bits per heavy atom. The summed E-state index contributed by atoms with van der Waals surface area (Å²) in [6, 6.07) is 12.9. The Morgan fingerprint density at radius 3 is 2.12 bits per heavy atom. The fourth-order valence-electron chi connectivity index (χ4n) is 2.91. The first kappa shape index (κ1) is 17.4. The van der Waals surface area contributed by atoms with E-state index in [0.717, 1.165) is 22.4 Å². The molecule has 0 bridgehead atoms. The molecule has 0 spiro atoms. The van der Waals surface area contributed by atoms with Gasteiger partial charge in [-0.3, -0.25) is 4.79 Å². The number of nitrogens with one attached hydrogen (secondary N) is 1. The molecule has 3 aromatic rings. The van der Waals surface area contributed by atoms with E-state index >= 15 is 0 Å². The van der Waals surface area contributed by atoms with Crippen molar-refractivity contribution >= 4 is 16.5 Å². The summed E-state index contributed by atoms with van der Waals surface area (Å²) in [5.41, 5.74) is 2.12. The number of rotatable bonds is 6. The Morgan fingerprint density at radius 1 is 0.923 bits per heavy atom. The molecule has 0 fully saturated rings. The number of pyridine rings is 1. The molecule has 0 saturated carbocycles. The third-order valence-corrected chi connectivity index (χ3v) is 4.23. The number of anilines is 1. The smallest absolute Gasteiger partial charge is 0.256 e. The molecule has 0 aliphatic carbocycles. The van der Waals surface area contributed by atoms with Gasteiger partial charge < -0.3 is 19.4 Å². The number of hydrogen-bond donors (Lipinski definition) is 1. The number of aromatic nitrogens is 1. The molecule has 0 amide bonds. The van der Waals surface area contributed by atoms with Crippen molar-refractivity contribution in [3.63, 3.8) is 0 Å². The maximum atomic E-state index is 12.7. The van der Waals surface area contributed by atoms with Crippen LogP contribution in [0.15, 0.2) is 72.8 Å². The first-order valence-electron chi connectivity index (χ1n) is 8.04. The van der Waals surface area contributed by atoms with Gasteiger partial charge in [-0.05, 0) is 42.5 Å². The minimum Gasteiger partial charge on any atom is -0.497 e. The van der Waals surface area contributed by atoms with Crippen LogP contribution in [0.25, 0.3) is 22.0 Å². The molecule has 0 unspecified atom stereocenters. The predicted molar refractivity (Wildman–Crippen MR) is 106 cm³/mol. The second kappa shape index (κ2) is 7.19. The lowest BCUT2D eigenvalue weighted by molar-refractivity contribution is 0.415. The number of aromatic amines is 1. The Labute approximate surface area is 151 Å². The summed E-state index contributed by atoms with van der Waals surface area (Å²) in [7, 11) is 3.19. The van der Waals surface area contributed by atoms with Crippen molar-refractivity contribution in [2.45, 2.75) is 0 Å². The van der Waals surface area contributed by atoms with Crippen molar-refractivity contribution in [1.29, 1.82) is 0 Å². The molecule has 0 saturated heterocycles. The van der Waals surface area contributed by atoms with E-state index in [0.29, 0.717) is 16.8 Å². The third kappa shape index (κ3) is 2.95. The summed E-state index contributed by atoms with van der Waals surface area (Å²) in [6.07, 6.45) is 3.30. The molecule has 1 aromatic heterocycles. The summed E-state index contributed by atoms with van der Waals surface area (Å²) in [4.78, 5) is 17.5. The van der Waals surface area contributed by atoms with Gasteiger partial charge in [0.25, 0.3) is 5.56 Å².